The molecule has 1 aromatic heterocycles. The maximum Gasteiger partial charge on any atom is 0.246 e. The van der Waals surface area contributed by atoms with Crippen molar-refractivity contribution in [3.8, 4) is 11.6 Å². The Morgan fingerprint density at radius 3 is 2.63 bits per heavy atom. The Bertz CT molecular complexity index is 820. The standard InChI is InChI=1S/C20H23N3O4/c1-22-18-12-21-19(25-2)11-17(18)23(13-20(22)24)14-3-5-15(6-4-14)26-9-10-27-16-7-8-16/h3-6,11-12,16H,7-10,13H2,1-2H3. The molecule has 7 heteroatoms. The molecule has 1 aromatic carbocycles. The van der Waals surface area contributed by atoms with Gasteiger partial charge < -0.3 is 24.0 Å². The molecule has 0 bridgehead atoms. The molecule has 0 N–H and O–H groups in total. The minimum atomic E-state index is 0.00650. The van der Waals surface area contributed by atoms with Crippen LogP contribution in [-0.2, 0) is 9.53 Å². The number of nitrogens with zero attached hydrogens (tertiary/aromatic N) is 3. The molecule has 1 aliphatic carbocycles. The average Bonchev–Trinajstić information content (AvgIpc) is 3.52. The van der Waals surface area contributed by atoms with Crippen LogP contribution in [0.4, 0.5) is 17.1 Å². The van der Waals surface area contributed by atoms with Gasteiger partial charge in [-0.25, -0.2) is 4.98 Å². The molecule has 0 unspecified atom stereocenters. The molecule has 0 atom stereocenters. The van der Waals surface area contributed by atoms with Gasteiger partial charge in [-0.05, 0) is 37.1 Å². The predicted octanol–water partition coefficient (Wildman–Crippen LogP) is 2.76. The van der Waals surface area contributed by atoms with Crippen molar-refractivity contribution in [1.82, 2.24) is 4.98 Å². The number of carbonyl (C=O) groups is 1. The molecule has 27 heavy (non-hydrogen) atoms. The zero-order valence-corrected chi connectivity index (χ0v) is 15.6. The number of ether oxygens (including phenoxy) is 3. The van der Waals surface area contributed by atoms with Crippen LogP contribution < -0.4 is 19.3 Å². The summed E-state index contributed by atoms with van der Waals surface area (Å²) in [5, 5.41) is 0. The number of rotatable bonds is 7. The summed E-state index contributed by atoms with van der Waals surface area (Å²) in [4.78, 5) is 20.2. The molecule has 4 rings (SSSR count). The van der Waals surface area contributed by atoms with E-state index in [0.29, 0.717) is 25.2 Å². The Kier molecular flexibility index (Phi) is 4.85. The van der Waals surface area contributed by atoms with Crippen molar-refractivity contribution >= 4 is 23.0 Å². The van der Waals surface area contributed by atoms with Gasteiger partial charge in [-0.2, -0.15) is 0 Å². The highest BCUT2D eigenvalue weighted by atomic mass is 16.5. The zero-order chi connectivity index (χ0) is 18.8. The van der Waals surface area contributed by atoms with Crippen LogP contribution >= 0.6 is 0 Å². The van der Waals surface area contributed by atoms with E-state index in [4.69, 9.17) is 14.2 Å². The first-order valence-corrected chi connectivity index (χ1v) is 9.08. The average molecular weight is 369 g/mol. The van der Waals surface area contributed by atoms with Crippen molar-refractivity contribution in [2.75, 3.05) is 43.7 Å². The molecule has 1 saturated carbocycles. The molecular weight excluding hydrogens is 346 g/mol. The number of carbonyl (C=O) groups excluding carboxylic acids is 1. The summed E-state index contributed by atoms with van der Waals surface area (Å²) in [7, 11) is 3.34. The normalized spacial score (nSPS) is 16.3. The van der Waals surface area contributed by atoms with E-state index in [1.807, 2.05) is 35.2 Å². The number of fused-ring (bicyclic) bond motifs is 1. The second-order valence-corrected chi connectivity index (χ2v) is 6.67. The number of aromatic nitrogens is 1. The van der Waals surface area contributed by atoms with Crippen LogP contribution in [0.2, 0.25) is 0 Å². The second kappa shape index (κ2) is 7.44. The van der Waals surface area contributed by atoms with Crippen LogP contribution in [0.1, 0.15) is 12.8 Å². The van der Waals surface area contributed by atoms with Crippen molar-refractivity contribution in [2.45, 2.75) is 18.9 Å². The predicted molar refractivity (Wildman–Crippen MR) is 102 cm³/mol. The third-order valence-corrected chi connectivity index (χ3v) is 4.74. The van der Waals surface area contributed by atoms with Crippen LogP contribution in [0.3, 0.4) is 0 Å². The van der Waals surface area contributed by atoms with Gasteiger partial charge in [-0.1, -0.05) is 0 Å². The van der Waals surface area contributed by atoms with E-state index in [9.17, 15) is 4.79 Å². The van der Waals surface area contributed by atoms with Crippen LogP contribution in [0.15, 0.2) is 36.5 Å². The summed E-state index contributed by atoms with van der Waals surface area (Å²) >= 11 is 0. The molecule has 0 spiro atoms. The van der Waals surface area contributed by atoms with Gasteiger partial charge in [-0.3, -0.25) is 4.79 Å². The minimum absolute atomic E-state index is 0.00650. The molecule has 1 fully saturated rings. The smallest absolute Gasteiger partial charge is 0.246 e. The SMILES string of the molecule is COc1cc2c(cn1)N(C)C(=O)CN2c1ccc(OCCOC2CC2)cc1. The Hall–Kier alpha value is -2.80. The lowest BCUT2D eigenvalue weighted by atomic mass is 10.1. The monoisotopic (exact) mass is 369 g/mol. The molecule has 1 aliphatic heterocycles. The molecule has 7 nitrogen and oxygen atoms in total. The van der Waals surface area contributed by atoms with E-state index in [2.05, 4.69) is 4.98 Å². The van der Waals surface area contributed by atoms with Gasteiger partial charge in [-0.15, -0.1) is 0 Å². The van der Waals surface area contributed by atoms with E-state index in [1.54, 1.807) is 25.3 Å². The Morgan fingerprint density at radius 1 is 1.15 bits per heavy atom. The summed E-state index contributed by atoms with van der Waals surface area (Å²) in [6, 6.07) is 9.57. The van der Waals surface area contributed by atoms with Crippen molar-refractivity contribution < 1.29 is 19.0 Å². The molecule has 2 aliphatic rings. The van der Waals surface area contributed by atoms with E-state index < -0.39 is 0 Å². The van der Waals surface area contributed by atoms with Crippen LogP contribution in [0, 0.1) is 0 Å². The third-order valence-electron chi connectivity index (χ3n) is 4.74. The van der Waals surface area contributed by atoms with E-state index in [-0.39, 0.29) is 12.5 Å². The number of hydrogen-bond donors (Lipinski definition) is 0. The summed E-state index contributed by atoms with van der Waals surface area (Å²) in [6.45, 7) is 1.40. The Morgan fingerprint density at radius 2 is 1.93 bits per heavy atom. The van der Waals surface area contributed by atoms with Gasteiger partial charge in [0.25, 0.3) is 0 Å². The molecule has 0 saturated heterocycles. The largest absolute Gasteiger partial charge is 0.491 e. The maximum absolute atomic E-state index is 12.4. The molecule has 0 radical (unpaired) electrons. The first-order chi connectivity index (χ1) is 13.2. The highest BCUT2D eigenvalue weighted by molar-refractivity contribution is 6.04. The lowest BCUT2D eigenvalue weighted by molar-refractivity contribution is -0.117. The zero-order valence-electron chi connectivity index (χ0n) is 15.6. The topological polar surface area (TPSA) is 64.1 Å². The number of anilines is 3. The number of likely N-dealkylation sites (N-methyl/N-ethyl adjacent to an activating group) is 1. The summed E-state index contributed by atoms with van der Waals surface area (Å²) in [6.07, 6.45) is 4.44. The number of amides is 1. The molecule has 1 amide bonds. The van der Waals surface area contributed by atoms with Crippen molar-refractivity contribution in [2.24, 2.45) is 0 Å². The van der Waals surface area contributed by atoms with Gasteiger partial charge in [0.2, 0.25) is 11.8 Å². The van der Waals surface area contributed by atoms with Crippen molar-refractivity contribution in [3.63, 3.8) is 0 Å². The molecular formula is C20H23N3O4. The Labute approximate surface area is 158 Å². The Balaban J connectivity index is 1.50. The van der Waals surface area contributed by atoms with Crippen LogP contribution in [0.5, 0.6) is 11.6 Å². The fourth-order valence-electron chi connectivity index (χ4n) is 3.03. The van der Waals surface area contributed by atoms with Gasteiger partial charge >= 0.3 is 0 Å². The fourth-order valence-corrected chi connectivity index (χ4v) is 3.03. The van der Waals surface area contributed by atoms with Gasteiger partial charge in [0.1, 0.15) is 18.9 Å². The quantitative estimate of drug-likeness (QED) is 0.700. The lowest BCUT2D eigenvalue weighted by Crippen LogP contribution is -2.41. The van der Waals surface area contributed by atoms with Crippen LogP contribution in [-0.4, -0.2) is 50.9 Å². The maximum atomic E-state index is 12.4. The highest BCUT2D eigenvalue weighted by Gasteiger charge is 2.28. The number of benzene rings is 1. The molecule has 142 valence electrons. The number of hydrogen-bond acceptors (Lipinski definition) is 6. The minimum Gasteiger partial charge on any atom is -0.491 e. The number of methoxy groups -OCH3 is 1. The highest BCUT2D eigenvalue weighted by Crippen LogP contribution is 2.39. The second-order valence-electron chi connectivity index (χ2n) is 6.67. The third kappa shape index (κ3) is 3.83. The lowest BCUT2D eigenvalue weighted by Gasteiger charge is -2.35. The van der Waals surface area contributed by atoms with E-state index in [0.717, 1.165) is 22.8 Å². The van der Waals surface area contributed by atoms with Crippen molar-refractivity contribution in [3.05, 3.63) is 36.5 Å². The summed E-state index contributed by atoms with van der Waals surface area (Å²) in [5.41, 5.74) is 2.55. The molecule has 2 heterocycles. The van der Waals surface area contributed by atoms with Gasteiger partial charge in [0.05, 0.1) is 37.4 Å². The van der Waals surface area contributed by atoms with Crippen LogP contribution in [0.25, 0.3) is 0 Å². The first kappa shape index (κ1) is 17.6. The van der Waals surface area contributed by atoms with E-state index in [1.165, 1.54) is 12.8 Å². The number of pyridine rings is 1. The summed E-state index contributed by atoms with van der Waals surface area (Å²) in [5.74, 6) is 1.30. The molecule has 2 aromatic rings. The fraction of sp³-hybridized carbons (Fsp3) is 0.400. The van der Waals surface area contributed by atoms with Crippen molar-refractivity contribution in [1.29, 1.82) is 0 Å². The van der Waals surface area contributed by atoms with Gasteiger partial charge in [0.15, 0.2) is 0 Å². The van der Waals surface area contributed by atoms with E-state index >= 15 is 0 Å². The van der Waals surface area contributed by atoms with Gasteiger partial charge in [0, 0.05) is 18.8 Å². The first-order valence-electron chi connectivity index (χ1n) is 9.08. The summed E-state index contributed by atoms with van der Waals surface area (Å²) < 4.78 is 16.6.